The second-order valence-electron chi connectivity index (χ2n) is 5.61. The van der Waals surface area contributed by atoms with Gasteiger partial charge in [0.05, 0.1) is 9.85 Å². The number of rotatable bonds is 4. The van der Waals surface area contributed by atoms with E-state index >= 15 is 0 Å². The molecule has 1 saturated heterocycles. The van der Waals surface area contributed by atoms with Crippen molar-refractivity contribution in [1.82, 2.24) is 0 Å². The molecule has 130 valence electrons. The van der Waals surface area contributed by atoms with E-state index in [1.807, 2.05) is 18.2 Å². The quantitative estimate of drug-likeness (QED) is 0.610. The first-order valence-corrected chi connectivity index (χ1v) is 8.02. The summed E-state index contributed by atoms with van der Waals surface area (Å²) in [5.74, 6) is 0. The van der Waals surface area contributed by atoms with Crippen molar-refractivity contribution < 1.29 is 9.85 Å². The van der Waals surface area contributed by atoms with Crippen molar-refractivity contribution in [3.8, 4) is 0 Å². The van der Waals surface area contributed by atoms with Crippen LogP contribution in [0.2, 0.25) is 5.02 Å². The Morgan fingerprint density at radius 3 is 1.88 bits per heavy atom. The third-order valence-electron chi connectivity index (χ3n) is 4.16. The molecule has 1 heterocycles. The highest BCUT2D eigenvalue weighted by atomic mass is 35.5. The molecule has 0 aromatic heterocycles. The van der Waals surface area contributed by atoms with Crippen LogP contribution in [0.1, 0.15) is 0 Å². The molecule has 0 bridgehead atoms. The van der Waals surface area contributed by atoms with Crippen LogP contribution in [-0.4, -0.2) is 36.0 Å². The Labute approximate surface area is 148 Å². The number of nitrogens with zero attached hydrogens (tertiary/aromatic N) is 4. The number of nitro benzene ring substituents is 2. The first kappa shape index (κ1) is 17.0. The van der Waals surface area contributed by atoms with Crippen molar-refractivity contribution in [3.05, 3.63) is 67.7 Å². The minimum Gasteiger partial charge on any atom is -0.368 e. The summed E-state index contributed by atoms with van der Waals surface area (Å²) in [6.07, 6.45) is 0. The van der Waals surface area contributed by atoms with Crippen molar-refractivity contribution in [2.75, 3.05) is 36.0 Å². The van der Waals surface area contributed by atoms with Crippen molar-refractivity contribution in [2.24, 2.45) is 0 Å². The van der Waals surface area contributed by atoms with Crippen LogP contribution < -0.4 is 9.80 Å². The van der Waals surface area contributed by atoms with Gasteiger partial charge in [0, 0.05) is 49.0 Å². The molecule has 0 amide bonds. The average molecular weight is 363 g/mol. The van der Waals surface area contributed by atoms with Crippen LogP contribution in [-0.2, 0) is 0 Å². The largest absolute Gasteiger partial charge is 0.368 e. The molecule has 3 rings (SSSR count). The lowest BCUT2D eigenvalue weighted by Gasteiger charge is -2.36. The van der Waals surface area contributed by atoms with Crippen molar-refractivity contribution in [1.29, 1.82) is 0 Å². The van der Waals surface area contributed by atoms with Crippen molar-refractivity contribution >= 4 is 34.4 Å². The van der Waals surface area contributed by atoms with Crippen LogP contribution in [0.5, 0.6) is 0 Å². The number of para-hydroxylation sites is 1. The lowest BCUT2D eigenvalue weighted by molar-refractivity contribution is -0.392. The Morgan fingerprint density at radius 1 is 0.840 bits per heavy atom. The SMILES string of the molecule is O=[N+]([O-])c1cccc([N+](=O)[O-])c1N1CCN(c2cccc(Cl)c2)CC1. The maximum atomic E-state index is 11.3. The fourth-order valence-corrected chi connectivity index (χ4v) is 3.18. The maximum Gasteiger partial charge on any atom is 0.299 e. The Kier molecular flexibility index (Phi) is 4.71. The molecule has 9 heteroatoms. The summed E-state index contributed by atoms with van der Waals surface area (Å²) >= 11 is 6.01. The van der Waals surface area contributed by atoms with E-state index in [0.29, 0.717) is 31.2 Å². The van der Waals surface area contributed by atoms with Gasteiger partial charge in [-0.05, 0) is 24.3 Å². The first-order chi connectivity index (χ1) is 12.0. The number of hydrogen-bond donors (Lipinski definition) is 0. The van der Waals surface area contributed by atoms with Gasteiger partial charge in [0.2, 0.25) is 0 Å². The highest BCUT2D eigenvalue weighted by molar-refractivity contribution is 6.30. The van der Waals surface area contributed by atoms with Crippen LogP contribution >= 0.6 is 11.6 Å². The first-order valence-electron chi connectivity index (χ1n) is 7.64. The lowest BCUT2D eigenvalue weighted by Crippen LogP contribution is -2.46. The monoisotopic (exact) mass is 362 g/mol. The normalized spacial score (nSPS) is 14.4. The molecule has 0 spiro atoms. The molecule has 0 aliphatic carbocycles. The third kappa shape index (κ3) is 3.48. The van der Waals surface area contributed by atoms with Crippen LogP contribution in [0, 0.1) is 20.2 Å². The summed E-state index contributed by atoms with van der Waals surface area (Å²) in [5, 5.41) is 23.2. The van der Waals surface area contributed by atoms with Crippen molar-refractivity contribution in [2.45, 2.75) is 0 Å². The van der Waals surface area contributed by atoms with Gasteiger partial charge in [0.25, 0.3) is 11.4 Å². The number of nitro groups is 2. The highest BCUT2D eigenvalue weighted by Gasteiger charge is 2.31. The molecule has 2 aromatic rings. The fourth-order valence-electron chi connectivity index (χ4n) is 3.00. The third-order valence-corrected chi connectivity index (χ3v) is 4.39. The van der Waals surface area contributed by atoms with E-state index in [9.17, 15) is 20.2 Å². The summed E-state index contributed by atoms with van der Waals surface area (Å²) < 4.78 is 0. The zero-order valence-corrected chi connectivity index (χ0v) is 13.9. The Morgan fingerprint density at radius 2 is 1.36 bits per heavy atom. The van der Waals surface area contributed by atoms with Crippen molar-refractivity contribution in [3.63, 3.8) is 0 Å². The standard InChI is InChI=1S/C16H15ClN4O4/c17-12-3-1-4-13(11-12)18-7-9-19(10-8-18)16-14(20(22)23)5-2-6-15(16)21(24)25/h1-6,11H,7-10H2. The summed E-state index contributed by atoms with van der Waals surface area (Å²) in [6.45, 7) is 2.06. The number of hydrogen-bond acceptors (Lipinski definition) is 6. The molecular weight excluding hydrogens is 348 g/mol. The predicted octanol–water partition coefficient (Wildman–Crippen LogP) is 3.48. The number of piperazine rings is 1. The van der Waals surface area contributed by atoms with Gasteiger partial charge in [-0.3, -0.25) is 20.2 Å². The molecule has 0 unspecified atom stereocenters. The summed E-state index contributed by atoms with van der Waals surface area (Å²) in [5.41, 5.74) is 0.545. The minimum absolute atomic E-state index is 0.0724. The number of anilines is 2. The average Bonchev–Trinajstić information content (AvgIpc) is 2.61. The van der Waals surface area contributed by atoms with Gasteiger partial charge in [0.1, 0.15) is 0 Å². The van der Waals surface area contributed by atoms with E-state index in [1.54, 1.807) is 11.0 Å². The van der Waals surface area contributed by atoms with Crippen LogP contribution in [0.3, 0.4) is 0 Å². The molecule has 8 nitrogen and oxygen atoms in total. The van der Waals surface area contributed by atoms with Gasteiger partial charge in [0.15, 0.2) is 5.69 Å². The van der Waals surface area contributed by atoms with E-state index < -0.39 is 9.85 Å². The summed E-state index contributed by atoms with van der Waals surface area (Å²) in [6, 6.07) is 11.4. The summed E-state index contributed by atoms with van der Waals surface area (Å²) in [4.78, 5) is 25.2. The Bertz CT molecular complexity index is 789. The molecule has 25 heavy (non-hydrogen) atoms. The van der Waals surface area contributed by atoms with E-state index in [0.717, 1.165) is 5.69 Å². The minimum atomic E-state index is -0.578. The van der Waals surface area contributed by atoms with Gasteiger partial charge in [-0.25, -0.2) is 0 Å². The van der Waals surface area contributed by atoms with Gasteiger partial charge in [-0.1, -0.05) is 17.7 Å². The molecule has 1 aliphatic rings. The molecule has 1 fully saturated rings. The summed E-state index contributed by atoms with van der Waals surface area (Å²) in [7, 11) is 0. The Balaban J connectivity index is 1.86. The zero-order valence-electron chi connectivity index (χ0n) is 13.2. The van der Waals surface area contributed by atoms with E-state index in [4.69, 9.17) is 11.6 Å². The van der Waals surface area contributed by atoms with Crippen LogP contribution in [0.25, 0.3) is 0 Å². The van der Waals surface area contributed by atoms with E-state index in [2.05, 4.69) is 4.90 Å². The van der Waals surface area contributed by atoms with Crippen LogP contribution in [0.15, 0.2) is 42.5 Å². The highest BCUT2D eigenvalue weighted by Crippen LogP contribution is 2.38. The number of benzene rings is 2. The van der Waals surface area contributed by atoms with Gasteiger partial charge >= 0.3 is 0 Å². The molecule has 1 aliphatic heterocycles. The second kappa shape index (κ2) is 6.94. The smallest absolute Gasteiger partial charge is 0.299 e. The Hall–Kier alpha value is -2.87. The van der Waals surface area contributed by atoms with Crippen LogP contribution in [0.4, 0.5) is 22.7 Å². The molecule has 0 N–H and O–H groups in total. The fraction of sp³-hybridized carbons (Fsp3) is 0.250. The van der Waals surface area contributed by atoms with E-state index in [1.165, 1.54) is 18.2 Å². The van der Waals surface area contributed by atoms with E-state index in [-0.39, 0.29) is 17.1 Å². The topological polar surface area (TPSA) is 92.8 Å². The van der Waals surface area contributed by atoms with Gasteiger partial charge in [-0.2, -0.15) is 0 Å². The molecule has 0 saturated carbocycles. The number of halogens is 1. The maximum absolute atomic E-state index is 11.3. The van der Waals surface area contributed by atoms with Gasteiger partial charge < -0.3 is 9.80 Å². The molecule has 0 atom stereocenters. The predicted molar refractivity (Wildman–Crippen MR) is 95.6 cm³/mol. The zero-order chi connectivity index (χ0) is 18.0. The molecular formula is C16H15ClN4O4. The molecule has 2 aromatic carbocycles. The lowest BCUT2D eigenvalue weighted by atomic mass is 10.1. The van der Waals surface area contributed by atoms with Gasteiger partial charge in [-0.15, -0.1) is 0 Å². The molecule has 0 radical (unpaired) electrons. The second-order valence-corrected chi connectivity index (χ2v) is 6.05.